The van der Waals surface area contributed by atoms with Crippen LogP contribution in [0, 0.1) is 6.92 Å². The van der Waals surface area contributed by atoms with Gasteiger partial charge in [0.15, 0.2) is 5.79 Å². The zero-order chi connectivity index (χ0) is 18.6. The first-order valence-electron chi connectivity index (χ1n) is 8.50. The van der Waals surface area contributed by atoms with Crippen molar-refractivity contribution in [2.75, 3.05) is 21.3 Å². The summed E-state index contributed by atoms with van der Waals surface area (Å²) >= 11 is 0. The molecule has 0 atom stereocenters. The van der Waals surface area contributed by atoms with Gasteiger partial charge in [-0.2, -0.15) is 0 Å². The van der Waals surface area contributed by atoms with Crippen LogP contribution in [0.2, 0.25) is 0 Å². The summed E-state index contributed by atoms with van der Waals surface area (Å²) in [6.45, 7) is 10.3. The lowest BCUT2D eigenvalue weighted by Gasteiger charge is -2.19. The molecule has 0 radical (unpaired) electrons. The van der Waals surface area contributed by atoms with Crippen molar-refractivity contribution >= 4 is 0 Å². The molecule has 0 heterocycles. The van der Waals surface area contributed by atoms with E-state index in [1.807, 2.05) is 32.0 Å². The van der Waals surface area contributed by atoms with Crippen molar-refractivity contribution in [2.45, 2.75) is 72.5 Å². The lowest BCUT2D eigenvalue weighted by molar-refractivity contribution is -0.178. The first-order valence-corrected chi connectivity index (χ1v) is 8.50. The molecule has 3 nitrogen and oxygen atoms in total. The zero-order valence-corrected chi connectivity index (χ0v) is 16.7. The molecule has 0 aromatic heterocycles. The van der Waals surface area contributed by atoms with Crippen molar-refractivity contribution in [3.8, 4) is 0 Å². The van der Waals surface area contributed by atoms with Gasteiger partial charge in [0.2, 0.25) is 0 Å². The van der Waals surface area contributed by atoms with Gasteiger partial charge in [-0.3, -0.25) is 0 Å². The number of hydrogen-bond donors (Lipinski definition) is 1. The molecule has 0 bridgehead atoms. The summed E-state index contributed by atoms with van der Waals surface area (Å²) in [6, 6.07) is 10.3. The van der Waals surface area contributed by atoms with Crippen LogP contribution >= 0.6 is 0 Å². The van der Waals surface area contributed by atoms with E-state index in [2.05, 4.69) is 32.9 Å². The lowest BCUT2D eigenvalue weighted by atomic mass is 10.2. The summed E-state index contributed by atoms with van der Waals surface area (Å²) in [5.74, 6) is -0.417. The first kappa shape index (κ1) is 27.0. The van der Waals surface area contributed by atoms with Crippen LogP contribution in [0.15, 0.2) is 30.3 Å². The average molecular weight is 329 g/mol. The van der Waals surface area contributed by atoms with Crippen molar-refractivity contribution in [1.82, 2.24) is 0 Å². The normalized spacial score (nSPS) is 9.43. The maximum atomic E-state index is 7.00. The van der Waals surface area contributed by atoms with Crippen LogP contribution in [0.1, 0.15) is 65.4 Å². The number of hydrogen-bond acceptors (Lipinski definition) is 3. The predicted octanol–water partition coefficient (Wildman–Crippen LogP) is 5.60. The molecule has 23 heavy (non-hydrogen) atoms. The van der Waals surface area contributed by atoms with Gasteiger partial charge in [0, 0.05) is 21.3 Å². The molecule has 1 N–H and O–H groups in total. The van der Waals surface area contributed by atoms with Gasteiger partial charge in [-0.25, -0.2) is 0 Å². The summed E-state index contributed by atoms with van der Waals surface area (Å²) in [6.07, 6.45) is 7.01. The van der Waals surface area contributed by atoms with E-state index in [0.717, 1.165) is 7.11 Å². The quantitative estimate of drug-likeness (QED) is 0.546. The molecule has 3 heteroatoms. The highest BCUT2D eigenvalue weighted by Gasteiger charge is 2.11. The number of aliphatic hydroxyl groups is 1. The van der Waals surface area contributed by atoms with Crippen LogP contribution in [-0.2, 0) is 9.47 Å². The van der Waals surface area contributed by atoms with E-state index >= 15 is 0 Å². The highest BCUT2D eigenvalue weighted by molar-refractivity contribution is 5.11. The van der Waals surface area contributed by atoms with Gasteiger partial charge >= 0.3 is 0 Å². The Balaban J connectivity index is -0.000000247. The van der Waals surface area contributed by atoms with Gasteiger partial charge < -0.3 is 14.6 Å². The Morgan fingerprint density at radius 2 is 1.22 bits per heavy atom. The number of unbranched alkanes of at least 4 members (excludes halogenated alkanes) is 4. The maximum Gasteiger partial charge on any atom is 0.161 e. The number of rotatable bonds is 6. The average Bonchev–Trinajstić information content (AvgIpc) is 2.59. The number of aliphatic hydroxyl groups excluding tert-OH is 1. The van der Waals surface area contributed by atoms with Gasteiger partial charge in [0.25, 0.3) is 0 Å². The summed E-state index contributed by atoms with van der Waals surface area (Å²) in [7, 11) is 4.23. The molecular weight excluding hydrogens is 288 g/mol. The molecule has 0 spiro atoms. The number of aryl methyl sites for hydroxylation is 1. The highest BCUT2D eigenvalue weighted by Crippen LogP contribution is 2.05. The molecule has 0 unspecified atom stereocenters. The second kappa shape index (κ2) is 21.1. The summed E-state index contributed by atoms with van der Waals surface area (Å²) in [5.41, 5.74) is 1.32. The van der Waals surface area contributed by atoms with Gasteiger partial charge in [-0.1, -0.05) is 81.8 Å². The van der Waals surface area contributed by atoms with E-state index in [9.17, 15) is 0 Å². The van der Waals surface area contributed by atoms with Gasteiger partial charge in [0.1, 0.15) is 0 Å². The Morgan fingerprint density at radius 3 is 1.39 bits per heavy atom. The van der Waals surface area contributed by atoms with Crippen LogP contribution in [0.3, 0.4) is 0 Å². The van der Waals surface area contributed by atoms with E-state index in [1.54, 1.807) is 14.2 Å². The SMILES string of the molecule is CCCCCCC.CO.COC(C)(C)OC.Cc1ccccc1. The third-order valence-electron chi connectivity index (χ3n) is 3.13. The molecule has 1 aromatic carbocycles. The molecule has 0 aliphatic heterocycles. The molecule has 0 aliphatic carbocycles. The Morgan fingerprint density at radius 1 is 0.826 bits per heavy atom. The Labute approximate surface area is 145 Å². The molecule has 0 saturated heterocycles. The molecule has 0 saturated carbocycles. The predicted molar refractivity (Wildman–Crippen MR) is 102 cm³/mol. The molecule has 1 aromatic rings. The number of methoxy groups -OCH3 is 2. The Kier molecular flexibility index (Phi) is 24.7. The fourth-order valence-corrected chi connectivity index (χ4v) is 1.29. The van der Waals surface area contributed by atoms with Crippen LogP contribution in [0.5, 0.6) is 0 Å². The molecule has 0 amide bonds. The number of benzene rings is 1. The van der Waals surface area contributed by atoms with Gasteiger partial charge in [0.05, 0.1) is 0 Å². The highest BCUT2D eigenvalue weighted by atomic mass is 16.7. The van der Waals surface area contributed by atoms with Crippen LogP contribution in [-0.4, -0.2) is 32.2 Å². The Bertz CT molecular complexity index is 287. The van der Waals surface area contributed by atoms with Crippen molar-refractivity contribution < 1.29 is 14.6 Å². The molecule has 1 rings (SSSR count). The molecule has 0 aliphatic rings. The lowest BCUT2D eigenvalue weighted by Crippen LogP contribution is -2.24. The molecule has 0 fully saturated rings. The minimum atomic E-state index is -0.417. The van der Waals surface area contributed by atoms with Crippen LogP contribution in [0.4, 0.5) is 0 Å². The van der Waals surface area contributed by atoms with E-state index < -0.39 is 5.79 Å². The zero-order valence-electron chi connectivity index (χ0n) is 16.7. The van der Waals surface area contributed by atoms with Crippen LogP contribution in [0.25, 0.3) is 0 Å². The minimum absolute atomic E-state index is 0.417. The monoisotopic (exact) mass is 328 g/mol. The number of ether oxygens (including phenoxy) is 2. The summed E-state index contributed by atoms with van der Waals surface area (Å²) < 4.78 is 9.73. The summed E-state index contributed by atoms with van der Waals surface area (Å²) in [4.78, 5) is 0. The van der Waals surface area contributed by atoms with E-state index in [-0.39, 0.29) is 0 Å². The van der Waals surface area contributed by atoms with E-state index in [4.69, 9.17) is 14.6 Å². The van der Waals surface area contributed by atoms with Gasteiger partial charge in [-0.05, 0) is 20.8 Å². The van der Waals surface area contributed by atoms with Crippen molar-refractivity contribution in [3.05, 3.63) is 35.9 Å². The van der Waals surface area contributed by atoms with E-state index in [0.29, 0.717) is 0 Å². The van der Waals surface area contributed by atoms with Gasteiger partial charge in [-0.15, -0.1) is 0 Å². The maximum absolute atomic E-state index is 7.00. The molecular formula is C20H40O3. The first-order chi connectivity index (χ1) is 10.9. The van der Waals surface area contributed by atoms with Crippen molar-refractivity contribution in [2.24, 2.45) is 0 Å². The fraction of sp³-hybridized carbons (Fsp3) is 0.700. The second-order valence-corrected chi connectivity index (χ2v) is 5.52. The summed E-state index contributed by atoms with van der Waals surface area (Å²) in [5, 5.41) is 7.00. The van der Waals surface area contributed by atoms with Crippen molar-refractivity contribution in [1.29, 1.82) is 0 Å². The smallest absolute Gasteiger partial charge is 0.161 e. The third-order valence-corrected chi connectivity index (χ3v) is 3.13. The molecule has 138 valence electrons. The Hall–Kier alpha value is -0.900. The van der Waals surface area contributed by atoms with E-state index in [1.165, 1.54) is 37.7 Å². The third kappa shape index (κ3) is 26.3. The van der Waals surface area contributed by atoms with Crippen LogP contribution < -0.4 is 0 Å². The topological polar surface area (TPSA) is 38.7 Å². The van der Waals surface area contributed by atoms with Crippen molar-refractivity contribution in [3.63, 3.8) is 0 Å². The standard InChI is InChI=1S/C7H8.C7H16.C5H12O2.CH4O/c1-7-5-3-2-4-6-7;1-3-5-7-6-4-2;1-5(2,6-3)7-4;1-2/h2-6H,1H3;3-7H2,1-2H3;1-4H3;2H,1H3. The second-order valence-electron chi connectivity index (χ2n) is 5.52. The fourth-order valence-electron chi connectivity index (χ4n) is 1.29. The minimum Gasteiger partial charge on any atom is -0.400 e. The largest absolute Gasteiger partial charge is 0.400 e.